The van der Waals surface area contributed by atoms with Crippen LogP contribution in [0.1, 0.15) is 6.42 Å². The summed E-state index contributed by atoms with van der Waals surface area (Å²) in [6, 6.07) is 15.7. The first-order chi connectivity index (χ1) is 11.5. The van der Waals surface area contributed by atoms with Crippen LogP contribution in [0.3, 0.4) is 0 Å². The van der Waals surface area contributed by atoms with Crippen molar-refractivity contribution in [3.63, 3.8) is 0 Å². The van der Waals surface area contributed by atoms with Crippen molar-refractivity contribution in [2.75, 3.05) is 6.61 Å². The molecule has 0 aliphatic heterocycles. The van der Waals surface area contributed by atoms with Gasteiger partial charge in [0.25, 0.3) is 0 Å². The van der Waals surface area contributed by atoms with Gasteiger partial charge in [0, 0.05) is 0 Å². The average molecular weight is 351 g/mol. The van der Waals surface area contributed by atoms with E-state index in [2.05, 4.69) is 0 Å². The third kappa shape index (κ3) is 5.70. The van der Waals surface area contributed by atoms with Gasteiger partial charge in [0.1, 0.15) is 17.5 Å². The lowest BCUT2D eigenvalue weighted by molar-refractivity contribution is -0.138. The van der Waals surface area contributed by atoms with Crippen LogP contribution >= 0.6 is 7.82 Å². The quantitative estimate of drug-likeness (QED) is 0.668. The molecule has 0 saturated heterocycles. The molecule has 2 aromatic rings. The van der Waals surface area contributed by atoms with E-state index in [1.54, 1.807) is 60.7 Å². The predicted molar refractivity (Wildman–Crippen MR) is 87.9 cm³/mol. The van der Waals surface area contributed by atoms with Gasteiger partial charge in [-0.15, -0.1) is 0 Å². The summed E-state index contributed by atoms with van der Waals surface area (Å²) in [4.78, 5) is 10.7. The molecule has 7 nitrogen and oxygen atoms in total. The van der Waals surface area contributed by atoms with E-state index < -0.39 is 19.8 Å². The van der Waals surface area contributed by atoms with Gasteiger partial charge >= 0.3 is 13.8 Å². The number of rotatable bonds is 9. The van der Waals surface area contributed by atoms with Crippen LogP contribution in [-0.4, -0.2) is 23.7 Å². The van der Waals surface area contributed by atoms with Gasteiger partial charge in [-0.2, -0.15) is 0 Å². The van der Waals surface area contributed by atoms with Crippen LogP contribution in [0.25, 0.3) is 0 Å². The number of benzene rings is 2. The number of para-hydroxylation sites is 2. The van der Waals surface area contributed by atoms with Crippen molar-refractivity contribution < 1.29 is 28.0 Å². The second-order valence-electron chi connectivity index (χ2n) is 4.82. The second kappa shape index (κ2) is 8.49. The monoisotopic (exact) mass is 351 g/mol. The smallest absolute Gasteiger partial charge is 0.480 e. The Hall–Kier alpha value is -2.34. The van der Waals surface area contributed by atoms with Crippen molar-refractivity contribution in [2.45, 2.75) is 12.5 Å². The molecule has 0 radical (unpaired) electrons. The van der Waals surface area contributed by atoms with E-state index in [9.17, 15) is 9.36 Å². The molecular formula is C16H18NO6P. The summed E-state index contributed by atoms with van der Waals surface area (Å²) < 4.78 is 28.8. The van der Waals surface area contributed by atoms with Gasteiger partial charge in [-0.3, -0.25) is 9.32 Å². The molecule has 2 aromatic carbocycles. The molecule has 0 spiro atoms. The molecule has 0 amide bonds. The molecule has 0 aromatic heterocycles. The van der Waals surface area contributed by atoms with Gasteiger partial charge in [-0.25, -0.2) is 4.57 Å². The molecule has 3 N–H and O–H groups in total. The van der Waals surface area contributed by atoms with E-state index in [0.29, 0.717) is 11.5 Å². The minimum Gasteiger partial charge on any atom is -0.480 e. The van der Waals surface area contributed by atoms with E-state index >= 15 is 0 Å². The zero-order valence-corrected chi connectivity index (χ0v) is 13.7. The normalized spacial score (nSPS) is 12.4. The van der Waals surface area contributed by atoms with Crippen LogP contribution in [0.5, 0.6) is 11.5 Å². The highest BCUT2D eigenvalue weighted by Crippen LogP contribution is 2.49. The zero-order valence-electron chi connectivity index (χ0n) is 12.8. The highest BCUT2D eigenvalue weighted by Gasteiger charge is 2.31. The third-order valence-corrected chi connectivity index (χ3v) is 4.28. The number of carbonyl (C=O) groups is 1. The van der Waals surface area contributed by atoms with Gasteiger partial charge in [-0.05, 0) is 30.7 Å². The molecule has 24 heavy (non-hydrogen) atoms. The van der Waals surface area contributed by atoms with Crippen LogP contribution in [0.2, 0.25) is 0 Å². The molecule has 0 bridgehead atoms. The van der Waals surface area contributed by atoms with Crippen LogP contribution in [-0.2, 0) is 13.9 Å². The number of carboxylic acids is 1. The van der Waals surface area contributed by atoms with Gasteiger partial charge in [0.2, 0.25) is 0 Å². The van der Waals surface area contributed by atoms with Crippen LogP contribution in [0.4, 0.5) is 0 Å². The Balaban J connectivity index is 2.08. The number of hydrogen-bond acceptors (Lipinski definition) is 6. The fourth-order valence-corrected chi connectivity index (χ4v) is 2.94. The van der Waals surface area contributed by atoms with Crippen molar-refractivity contribution in [2.24, 2.45) is 5.73 Å². The Morgan fingerprint density at radius 2 is 1.46 bits per heavy atom. The van der Waals surface area contributed by atoms with E-state index in [-0.39, 0.29) is 13.0 Å². The maximum absolute atomic E-state index is 12.8. The molecule has 0 aliphatic rings. The van der Waals surface area contributed by atoms with Crippen molar-refractivity contribution in [3.8, 4) is 11.5 Å². The molecule has 8 heteroatoms. The molecule has 1 atom stereocenters. The molecule has 0 aliphatic carbocycles. The summed E-state index contributed by atoms with van der Waals surface area (Å²) in [6.07, 6.45) is -0.0321. The minimum atomic E-state index is -4.00. The number of nitrogens with two attached hydrogens (primary N) is 1. The Bertz CT molecular complexity index is 649. The number of phosphoric ester groups is 1. The summed E-state index contributed by atoms with van der Waals surface area (Å²) in [5.74, 6) is -0.556. The van der Waals surface area contributed by atoms with Crippen molar-refractivity contribution in [1.82, 2.24) is 0 Å². The summed E-state index contributed by atoms with van der Waals surface area (Å²) in [5, 5.41) is 8.77. The Morgan fingerprint density at radius 3 is 1.88 bits per heavy atom. The van der Waals surface area contributed by atoms with E-state index in [0.717, 1.165) is 0 Å². The van der Waals surface area contributed by atoms with Crippen LogP contribution in [0.15, 0.2) is 60.7 Å². The lowest BCUT2D eigenvalue weighted by Gasteiger charge is -2.19. The standard InChI is InChI=1S/C16H18NO6P/c17-15(16(18)19)11-12-21-24(20,22-13-7-3-1-4-8-13)23-14-9-5-2-6-10-14/h1-10,15H,11-12,17H2,(H,18,19). The van der Waals surface area contributed by atoms with E-state index in [1.807, 2.05) is 0 Å². The largest absolute Gasteiger partial charge is 0.587 e. The molecule has 0 heterocycles. The molecule has 0 saturated carbocycles. The second-order valence-corrected chi connectivity index (χ2v) is 6.34. The Morgan fingerprint density at radius 1 is 1.00 bits per heavy atom. The molecule has 1 unspecified atom stereocenters. The highest BCUT2D eigenvalue weighted by molar-refractivity contribution is 7.49. The zero-order chi connectivity index (χ0) is 17.4. The minimum absolute atomic E-state index is 0.0321. The van der Waals surface area contributed by atoms with Gasteiger partial charge in [0.05, 0.1) is 6.61 Å². The Labute approximate surface area is 139 Å². The number of carboxylic acid groups (broad SMARTS) is 1. The third-order valence-electron chi connectivity index (χ3n) is 2.92. The fourth-order valence-electron chi connectivity index (χ4n) is 1.71. The lowest BCUT2D eigenvalue weighted by Crippen LogP contribution is -2.31. The summed E-state index contributed by atoms with van der Waals surface area (Å²) in [5.41, 5.74) is 5.40. The first-order valence-electron chi connectivity index (χ1n) is 7.21. The van der Waals surface area contributed by atoms with Crippen molar-refractivity contribution in [3.05, 3.63) is 60.7 Å². The average Bonchev–Trinajstić information content (AvgIpc) is 2.56. The Kier molecular flexibility index (Phi) is 6.37. The van der Waals surface area contributed by atoms with E-state index in [4.69, 9.17) is 24.4 Å². The first-order valence-corrected chi connectivity index (χ1v) is 8.67. The summed E-state index contributed by atoms with van der Waals surface area (Å²) in [7, 11) is -4.00. The molecule has 2 rings (SSSR count). The fraction of sp³-hybridized carbons (Fsp3) is 0.188. The summed E-state index contributed by atoms with van der Waals surface area (Å²) >= 11 is 0. The summed E-state index contributed by atoms with van der Waals surface area (Å²) in [6.45, 7) is -0.190. The van der Waals surface area contributed by atoms with Crippen LogP contribution in [0, 0.1) is 0 Å². The number of phosphoric acid groups is 1. The van der Waals surface area contributed by atoms with Gasteiger partial charge in [-0.1, -0.05) is 36.4 Å². The number of hydrogen-bond donors (Lipinski definition) is 2. The molecular weight excluding hydrogens is 333 g/mol. The van der Waals surface area contributed by atoms with E-state index in [1.165, 1.54) is 0 Å². The van der Waals surface area contributed by atoms with Gasteiger partial charge < -0.3 is 19.9 Å². The SMILES string of the molecule is NC(CCOP(=O)(Oc1ccccc1)Oc1ccccc1)C(=O)O. The predicted octanol–water partition coefficient (Wildman–Crippen LogP) is 3.07. The highest BCUT2D eigenvalue weighted by atomic mass is 31.2. The first kappa shape index (κ1) is 18.0. The maximum Gasteiger partial charge on any atom is 0.587 e. The van der Waals surface area contributed by atoms with Gasteiger partial charge in [0.15, 0.2) is 0 Å². The lowest BCUT2D eigenvalue weighted by atomic mass is 10.2. The maximum atomic E-state index is 12.8. The van der Waals surface area contributed by atoms with Crippen molar-refractivity contribution >= 4 is 13.8 Å². The van der Waals surface area contributed by atoms with Crippen LogP contribution < -0.4 is 14.8 Å². The number of aliphatic carboxylic acids is 1. The molecule has 0 fully saturated rings. The van der Waals surface area contributed by atoms with Crippen molar-refractivity contribution in [1.29, 1.82) is 0 Å². The molecule has 128 valence electrons. The topological polar surface area (TPSA) is 108 Å².